The van der Waals surface area contributed by atoms with Crippen LogP contribution in [0, 0.1) is 13.8 Å². The molecule has 1 aromatic heterocycles. The molecule has 0 aliphatic carbocycles. The first-order valence-corrected chi connectivity index (χ1v) is 12.2. The predicted octanol–water partition coefficient (Wildman–Crippen LogP) is 5.07. The SMILES string of the molecule is C=C1C[C@H](NC(=O)/C(C)=C2\NC(=O)N(c3ccc(Oc4ccccc4)cc3C)c3ccnc(C)c32)CN1. The van der Waals surface area contributed by atoms with E-state index in [4.69, 9.17) is 4.74 Å². The molecule has 8 heteroatoms. The van der Waals surface area contributed by atoms with Crippen molar-refractivity contribution in [2.24, 2.45) is 0 Å². The molecule has 1 atom stereocenters. The largest absolute Gasteiger partial charge is 0.457 e. The van der Waals surface area contributed by atoms with Crippen LogP contribution in [0.3, 0.4) is 0 Å². The summed E-state index contributed by atoms with van der Waals surface area (Å²) >= 11 is 0. The van der Waals surface area contributed by atoms with Crippen molar-refractivity contribution in [2.45, 2.75) is 33.2 Å². The summed E-state index contributed by atoms with van der Waals surface area (Å²) in [5.41, 5.74) is 5.44. The van der Waals surface area contributed by atoms with Crippen molar-refractivity contribution < 1.29 is 14.3 Å². The van der Waals surface area contributed by atoms with Gasteiger partial charge in [-0.1, -0.05) is 24.8 Å². The van der Waals surface area contributed by atoms with E-state index in [9.17, 15) is 9.59 Å². The lowest BCUT2D eigenvalue weighted by atomic mass is 9.99. The summed E-state index contributed by atoms with van der Waals surface area (Å²) in [7, 11) is 0. The second-order valence-electron chi connectivity index (χ2n) is 9.28. The summed E-state index contributed by atoms with van der Waals surface area (Å²) < 4.78 is 5.96. The molecule has 3 heterocycles. The van der Waals surface area contributed by atoms with E-state index in [0.717, 1.165) is 17.0 Å². The number of pyridine rings is 1. The first-order chi connectivity index (χ1) is 17.8. The monoisotopic (exact) mass is 495 g/mol. The second kappa shape index (κ2) is 9.81. The summed E-state index contributed by atoms with van der Waals surface area (Å²) in [4.78, 5) is 32.7. The quantitative estimate of drug-likeness (QED) is 0.430. The van der Waals surface area contributed by atoms with Crippen molar-refractivity contribution in [1.29, 1.82) is 0 Å². The molecule has 8 nitrogen and oxygen atoms in total. The summed E-state index contributed by atoms with van der Waals surface area (Å²) in [6.07, 6.45) is 2.35. The number of ether oxygens (including phenoxy) is 1. The molecule has 5 rings (SSSR count). The van der Waals surface area contributed by atoms with Crippen LogP contribution in [0.5, 0.6) is 11.5 Å². The van der Waals surface area contributed by atoms with E-state index in [1.54, 1.807) is 24.1 Å². The Morgan fingerprint density at radius 3 is 2.59 bits per heavy atom. The normalized spacial score (nSPS) is 18.0. The van der Waals surface area contributed by atoms with Gasteiger partial charge in [0.25, 0.3) is 0 Å². The predicted molar refractivity (Wildman–Crippen MR) is 144 cm³/mol. The summed E-state index contributed by atoms with van der Waals surface area (Å²) in [5.74, 6) is 1.17. The third-order valence-electron chi connectivity index (χ3n) is 6.57. The number of urea groups is 1. The van der Waals surface area contributed by atoms with Crippen LogP contribution in [0.25, 0.3) is 5.70 Å². The number of hydrogen-bond acceptors (Lipinski definition) is 5. The molecule has 188 valence electrons. The number of nitrogens with one attached hydrogen (secondary N) is 3. The number of para-hydroxylation sites is 1. The maximum Gasteiger partial charge on any atom is 0.331 e. The van der Waals surface area contributed by atoms with E-state index < -0.39 is 0 Å². The molecule has 2 aliphatic rings. The summed E-state index contributed by atoms with van der Waals surface area (Å²) in [6.45, 7) is 10.1. The van der Waals surface area contributed by atoms with Gasteiger partial charge in [-0.15, -0.1) is 0 Å². The average Bonchev–Trinajstić information content (AvgIpc) is 3.29. The molecule has 37 heavy (non-hydrogen) atoms. The van der Waals surface area contributed by atoms with Crippen molar-refractivity contribution in [3.63, 3.8) is 0 Å². The van der Waals surface area contributed by atoms with Gasteiger partial charge in [-0.05, 0) is 62.7 Å². The number of hydrogen-bond donors (Lipinski definition) is 3. The molecule has 1 saturated heterocycles. The van der Waals surface area contributed by atoms with E-state index in [2.05, 4.69) is 27.5 Å². The minimum absolute atomic E-state index is 0.0416. The van der Waals surface area contributed by atoms with Crippen LogP contribution in [0.15, 0.2) is 78.6 Å². The highest BCUT2D eigenvalue weighted by molar-refractivity contribution is 6.14. The lowest BCUT2D eigenvalue weighted by Crippen LogP contribution is -2.43. The number of aryl methyl sites for hydroxylation is 2. The Kier molecular flexibility index (Phi) is 6.40. The van der Waals surface area contributed by atoms with Crippen molar-refractivity contribution in [3.8, 4) is 11.5 Å². The Morgan fingerprint density at radius 2 is 1.89 bits per heavy atom. The topological polar surface area (TPSA) is 95.6 Å². The molecule has 1 fully saturated rings. The van der Waals surface area contributed by atoms with Crippen LogP contribution in [-0.4, -0.2) is 29.5 Å². The van der Waals surface area contributed by atoms with Gasteiger partial charge in [0.15, 0.2) is 0 Å². The van der Waals surface area contributed by atoms with Gasteiger partial charge in [0.05, 0.1) is 23.1 Å². The van der Waals surface area contributed by atoms with E-state index in [0.29, 0.717) is 52.6 Å². The molecule has 0 radical (unpaired) electrons. The Balaban J connectivity index is 1.49. The molecule has 0 bridgehead atoms. The summed E-state index contributed by atoms with van der Waals surface area (Å²) in [6, 6.07) is 16.5. The molecular weight excluding hydrogens is 466 g/mol. The Bertz CT molecular complexity index is 1430. The molecule has 0 saturated carbocycles. The molecule has 0 unspecified atom stereocenters. The maximum absolute atomic E-state index is 13.5. The zero-order valence-corrected chi connectivity index (χ0v) is 21.1. The van der Waals surface area contributed by atoms with Gasteiger partial charge in [0.1, 0.15) is 11.5 Å². The second-order valence-corrected chi connectivity index (χ2v) is 9.28. The third-order valence-corrected chi connectivity index (χ3v) is 6.57. The lowest BCUT2D eigenvalue weighted by Gasteiger charge is -2.33. The van der Waals surface area contributed by atoms with Crippen molar-refractivity contribution in [2.75, 3.05) is 11.4 Å². The number of anilines is 2. The van der Waals surface area contributed by atoms with Crippen molar-refractivity contribution in [3.05, 3.63) is 95.5 Å². The van der Waals surface area contributed by atoms with Crippen LogP contribution in [-0.2, 0) is 4.79 Å². The number of nitrogens with zero attached hydrogens (tertiary/aromatic N) is 2. The number of carbonyl (C=O) groups excluding carboxylic acids is 2. The molecule has 2 aromatic carbocycles. The minimum Gasteiger partial charge on any atom is -0.457 e. The molecule has 3 N–H and O–H groups in total. The highest BCUT2D eigenvalue weighted by Gasteiger charge is 2.33. The first kappa shape index (κ1) is 24.1. The molecule has 3 amide bonds. The van der Waals surface area contributed by atoms with Crippen molar-refractivity contribution >= 4 is 29.0 Å². The minimum atomic E-state index is -0.351. The Morgan fingerprint density at radius 1 is 1.11 bits per heavy atom. The van der Waals surface area contributed by atoms with E-state index in [1.165, 1.54) is 0 Å². The highest BCUT2D eigenvalue weighted by atomic mass is 16.5. The number of rotatable bonds is 5. The maximum atomic E-state index is 13.5. The van der Waals surface area contributed by atoms with Gasteiger partial charge in [0, 0.05) is 41.7 Å². The van der Waals surface area contributed by atoms with Crippen LogP contribution >= 0.6 is 0 Å². The van der Waals surface area contributed by atoms with Gasteiger partial charge in [0.2, 0.25) is 5.91 Å². The Labute approximate surface area is 216 Å². The van der Waals surface area contributed by atoms with Gasteiger partial charge < -0.3 is 20.7 Å². The van der Waals surface area contributed by atoms with Crippen LogP contribution < -0.4 is 25.6 Å². The fraction of sp³-hybridized carbons (Fsp3) is 0.207. The zero-order valence-electron chi connectivity index (χ0n) is 21.1. The molecule has 3 aromatic rings. The fourth-order valence-electron chi connectivity index (χ4n) is 4.69. The number of fused-ring (bicyclic) bond motifs is 1. The van der Waals surface area contributed by atoms with Crippen molar-refractivity contribution in [1.82, 2.24) is 20.9 Å². The van der Waals surface area contributed by atoms with E-state index in [-0.39, 0.29) is 18.0 Å². The molecule has 0 spiro atoms. The van der Waals surface area contributed by atoms with Gasteiger partial charge in [-0.25, -0.2) is 4.79 Å². The lowest BCUT2D eigenvalue weighted by molar-refractivity contribution is -0.117. The van der Waals surface area contributed by atoms with Crippen LogP contribution in [0.2, 0.25) is 0 Å². The Hall–Kier alpha value is -4.59. The van der Waals surface area contributed by atoms with Gasteiger partial charge in [-0.3, -0.25) is 14.7 Å². The van der Waals surface area contributed by atoms with Crippen LogP contribution in [0.1, 0.15) is 30.2 Å². The fourth-order valence-corrected chi connectivity index (χ4v) is 4.69. The molecule has 2 aliphatic heterocycles. The van der Waals surface area contributed by atoms with Crippen LogP contribution in [0.4, 0.5) is 16.2 Å². The average molecular weight is 496 g/mol. The number of amides is 3. The standard InChI is InChI=1S/C29H29N5O3/c1-17-14-23(37-22-8-6-5-7-9-22)10-11-24(17)34-25-12-13-30-20(4)26(25)27(33-29(34)36)19(3)28(35)32-21-15-18(2)31-16-21/h5-14,21,31H,2,15-16H2,1,3-4H3,(H,32,35)(H,33,36)/b27-19-/t21-/m0/s1. The third kappa shape index (κ3) is 4.78. The van der Waals surface area contributed by atoms with E-state index >= 15 is 0 Å². The smallest absolute Gasteiger partial charge is 0.331 e. The number of aromatic nitrogens is 1. The number of carbonyl (C=O) groups is 2. The summed E-state index contributed by atoms with van der Waals surface area (Å²) in [5, 5.41) is 9.14. The highest BCUT2D eigenvalue weighted by Crippen LogP contribution is 2.40. The number of benzene rings is 2. The molecular formula is C29H29N5O3. The zero-order chi connectivity index (χ0) is 26.1. The van der Waals surface area contributed by atoms with Gasteiger partial charge >= 0.3 is 6.03 Å². The first-order valence-electron chi connectivity index (χ1n) is 12.2. The van der Waals surface area contributed by atoms with Gasteiger partial charge in [-0.2, -0.15) is 0 Å². The van der Waals surface area contributed by atoms with E-state index in [1.807, 2.05) is 62.4 Å².